The quantitative estimate of drug-likeness (QED) is 0.161. The van der Waals surface area contributed by atoms with Crippen molar-refractivity contribution in [2.75, 3.05) is 26.4 Å². The van der Waals surface area contributed by atoms with Crippen molar-refractivity contribution in [3.63, 3.8) is 0 Å². The molecule has 0 aromatic rings. The van der Waals surface area contributed by atoms with Crippen LogP contribution in [0.3, 0.4) is 0 Å². The van der Waals surface area contributed by atoms with Gasteiger partial charge in [-0.2, -0.15) is 0 Å². The second kappa shape index (κ2) is 17.7. The molecule has 0 aromatic heterocycles. The van der Waals surface area contributed by atoms with Crippen LogP contribution in [-0.4, -0.2) is 61.1 Å². The normalized spacial score (nSPS) is 14.4. The van der Waals surface area contributed by atoms with Crippen LogP contribution >= 0.6 is 0 Å². The molecule has 0 aromatic carbocycles. The van der Waals surface area contributed by atoms with E-state index in [0.717, 1.165) is 18.8 Å². The summed E-state index contributed by atoms with van der Waals surface area (Å²) in [7, 11) is 0. The molecule has 8 nitrogen and oxygen atoms in total. The molecule has 0 aliphatic heterocycles. The van der Waals surface area contributed by atoms with Crippen molar-refractivity contribution in [1.82, 2.24) is 0 Å². The van der Waals surface area contributed by atoms with Crippen molar-refractivity contribution in [3.05, 3.63) is 0 Å². The van der Waals surface area contributed by atoms with Crippen LogP contribution in [0, 0.1) is 17.8 Å². The summed E-state index contributed by atoms with van der Waals surface area (Å²) < 4.78 is 20.3. The maximum atomic E-state index is 12.5. The van der Waals surface area contributed by atoms with Gasteiger partial charge in [0.25, 0.3) is 5.60 Å². The predicted molar refractivity (Wildman–Crippen MR) is 130 cm³/mol. The summed E-state index contributed by atoms with van der Waals surface area (Å²) in [5, 5.41) is 11.0. The van der Waals surface area contributed by atoms with Gasteiger partial charge < -0.3 is 24.1 Å². The molecule has 0 bridgehead atoms. The van der Waals surface area contributed by atoms with Crippen molar-refractivity contribution in [3.8, 4) is 0 Å². The lowest BCUT2D eigenvalue weighted by Gasteiger charge is -2.30. The van der Waals surface area contributed by atoms with E-state index in [2.05, 4.69) is 27.7 Å². The molecule has 0 heterocycles. The van der Waals surface area contributed by atoms with Crippen LogP contribution in [0.4, 0.5) is 0 Å². The van der Waals surface area contributed by atoms with E-state index in [1.807, 2.05) is 0 Å². The number of carbonyl (C=O) groups excluding carboxylic acids is 3. The van der Waals surface area contributed by atoms with Gasteiger partial charge in [0.1, 0.15) is 0 Å². The predicted octanol–water partition coefficient (Wildman–Crippen LogP) is 4.45. The number of hydrogen-bond acceptors (Lipinski definition) is 8. The Morgan fingerprint density at radius 3 is 1.59 bits per heavy atom. The molecular formula is C26H48O8. The minimum Gasteiger partial charge on any atom is -0.464 e. The lowest BCUT2D eigenvalue weighted by Crippen LogP contribution is -2.61. The third kappa shape index (κ3) is 11.6. The molecule has 34 heavy (non-hydrogen) atoms. The summed E-state index contributed by atoms with van der Waals surface area (Å²) in [5.41, 5.74) is -2.94. The van der Waals surface area contributed by atoms with E-state index < -0.39 is 29.6 Å². The molecule has 8 heteroatoms. The van der Waals surface area contributed by atoms with Gasteiger partial charge in [0, 0.05) is 6.61 Å². The summed E-state index contributed by atoms with van der Waals surface area (Å²) in [6.45, 7) is 13.4. The lowest BCUT2D eigenvalue weighted by atomic mass is 9.92. The van der Waals surface area contributed by atoms with Crippen LogP contribution in [0.2, 0.25) is 0 Å². The molecule has 0 amide bonds. The fourth-order valence-corrected chi connectivity index (χ4v) is 3.72. The molecule has 3 atom stereocenters. The molecule has 0 aliphatic carbocycles. The van der Waals surface area contributed by atoms with E-state index in [9.17, 15) is 19.5 Å². The molecule has 0 saturated carbocycles. The van der Waals surface area contributed by atoms with E-state index in [0.29, 0.717) is 18.3 Å². The Labute approximate surface area is 206 Å². The molecular weight excluding hydrogens is 440 g/mol. The maximum absolute atomic E-state index is 12.5. The number of aliphatic hydroxyl groups is 1. The minimum atomic E-state index is -2.94. The monoisotopic (exact) mass is 488 g/mol. The molecule has 0 rings (SSSR count). The second-order valence-electron chi connectivity index (χ2n) is 9.46. The first kappa shape index (κ1) is 32.3. The Morgan fingerprint density at radius 1 is 0.706 bits per heavy atom. The summed E-state index contributed by atoms with van der Waals surface area (Å²) in [4.78, 5) is 37.5. The fraction of sp³-hybridized carbons (Fsp3) is 0.885. The van der Waals surface area contributed by atoms with E-state index in [4.69, 9.17) is 18.9 Å². The van der Waals surface area contributed by atoms with E-state index in [-0.39, 0.29) is 26.4 Å². The SMILES string of the molecule is CCOC(=O)C(OCCC(C)CCCC(C)CCCC(C)C)C(O)(C(=O)OCC)C(=O)OCC. The molecule has 0 aliphatic rings. The van der Waals surface area contributed by atoms with Gasteiger partial charge in [0.2, 0.25) is 6.10 Å². The first-order valence-electron chi connectivity index (χ1n) is 12.9. The highest BCUT2D eigenvalue weighted by Gasteiger charge is 2.59. The van der Waals surface area contributed by atoms with E-state index in [1.165, 1.54) is 39.5 Å². The molecule has 0 spiro atoms. The first-order chi connectivity index (χ1) is 16.0. The van der Waals surface area contributed by atoms with Crippen LogP contribution in [0.5, 0.6) is 0 Å². The molecule has 1 N–H and O–H groups in total. The standard InChI is InChI=1S/C26H48O8/c1-8-31-23(27)22(26(30,24(28)32-9-2)25(29)33-10-3)34-18-17-21(7)16-12-15-20(6)14-11-13-19(4)5/h19-22,30H,8-18H2,1-7H3. The van der Waals surface area contributed by atoms with Crippen LogP contribution in [0.25, 0.3) is 0 Å². The van der Waals surface area contributed by atoms with Crippen LogP contribution < -0.4 is 0 Å². The second-order valence-corrected chi connectivity index (χ2v) is 9.46. The summed E-state index contributed by atoms with van der Waals surface area (Å²) in [5.74, 6) is -1.87. The smallest absolute Gasteiger partial charge is 0.353 e. The van der Waals surface area contributed by atoms with Crippen molar-refractivity contribution in [2.45, 2.75) is 105 Å². The maximum Gasteiger partial charge on any atom is 0.353 e. The Balaban J connectivity index is 4.96. The van der Waals surface area contributed by atoms with Gasteiger partial charge in [0.05, 0.1) is 19.8 Å². The Bertz CT molecular complexity index is 571. The third-order valence-corrected chi connectivity index (χ3v) is 5.82. The van der Waals surface area contributed by atoms with Gasteiger partial charge in [-0.15, -0.1) is 0 Å². The fourth-order valence-electron chi connectivity index (χ4n) is 3.72. The summed E-state index contributed by atoms with van der Waals surface area (Å²) in [6, 6.07) is 0. The topological polar surface area (TPSA) is 108 Å². The van der Waals surface area contributed by atoms with E-state index in [1.54, 1.807) is 6.92 Å². The molecule has 200 valence electrons. The zero-order valence-corrected chi connectivity index (χ0v) is 22.4. The average Bonchev–Trinajstić information content (AvgIpc) is 2.76. The van der Waals surface area contributed by atoms with Crippen molar-refractivity contribution in [2.24, 2.45) is 17.8 Å². The number of hydrogen-bond donors (Lipinski definition) is 1. The van der Waals surface area contributed by atoms with Crippen LogP contribution in [0.15, 0.2) is 0 Å². The number of ether oxygens (including phenoxy) is 4. The average molecular weight is 489 g/mol. The highest BCUT2D eigenvalue weighted by molar-refractivity contribution is 6.08. The number of carbonyl (C=O) groups is 3. The van der Waals surface area contributed by atoms with Gasteiger partial charge in [-0.05, 0) is 44.9 Å². The van der Waals surface area contributed by atoms with Crippen molar-refractivity contribution in [1.29, 1.82) is 0 Å². The molecule has 0 radical (unpaired) electrons. The third-order valence-electron chi connectivity index (χ3n) is 5.82. The van der Waals surface area contributed by atoms with E-state index >= 15 is 0 Å². The lowest BCUT2D eigenvalue weighted by molar-refractivity contribution is -0.208. The molecule has 0 saturated heterocycles. The van der Waals surface area contributed by atoms with Crippen LogP contribution in [-0.2, 0) is 33.3 Å². The highest BCUT2D eigenvalue weighted by atomic mass is 16.6. The Kier molecular flexibility index (Phi) is 16.8. The summed E-state index contributed by atoms with van der Waals surface area (Å²) in [6.07, 6.45) is 5.77. The minimum absolute atomic E-state index is 0.00776. The highest BCUT2D eigenvalue weighted by Crippen LogP contribution is 2.23. The molecule has 0 fully saturated rings. The first-order valence-corrected chi connectivity index (χ1v) is 12.9. The van der Waals surface area contributed by atoms with Gasteiger partial charge in [-0.3, -0.25) is 0 Å². The molecule has 3 unspecified atom stereocenters. The van der Waals surface area contributed by atoms with Gasteiger partial charge in [-0.1, -0.05) is 66.2 Å². The van der Waals surface area contributed by atoms with Gasteiger partial charge >= 0.3 is 17.9 Å². The zero-order chi connectivity index (χ0) is 26.1. The number of rotatable bonds is 19. The van der Waals surface area contributed by atoms with Gasteiger partial charge in [0.15, 0.2) is 0 Å². The Hall–Kier alpha value is -1.67. The van der Waals surface area contributed by atoms with Gasteiger partial charge in [-0.25, -0.2) is 14.4 Å². The van der Waals surface area contributed by atoms with Crippen LogP contribution in [0.1, 0.15) is 93.4 Å². The zero-order valence-electron chi connectivity index (χ0n) is 22.4. The van der Waals surface area contributed by atoms with Crippen molar-refractivity contribution < 1.29 is 38.4 Å². The van der Waals surface area contributed by atoms with Crippen molar-refractivity contribution >= 4 is 17.9 Å². The Morgan fingerprint density at radius 2 is 1.15 bits per heavy atom. The largest absolute Gasteiger partial charge is 0.464 e. The number of esters is 3. The summed E-state index contributed by atoms with van der Waals surface area (Å²) >= 11 is 0.